The van der Waals surface area contributed by atoms with E-state index in [1.807, 2.05) is 6.07 Å². The van der Waals surface area contributed by atoms with E-state index in [0.717, 1.165) is 33.8 Å². The number of fused-ring (bicyclic) bond motifs is 7. The summed E-state index contributed by atoms with van der Waals surface area (Å²) in [4.78, 5) is 10.6. The summed E-state index contributed by atoms with van der Waals surface area (Å²) in [6, 6.07) is 58.7. The third kappa shape index (κ3) is 4.23. The second-order valence-electron chi connectivity index (χ2n) is 13.8. The number of hydrogen-bond acceptors (Lipinski definition) is 2. The Morgan fingerprint density at radius 1 is 0.460 bits per heavy atom. The number of benzene rings is 7. The molecule has 0 spiro atoms. The maximum Gasteiger partial charge on any atom is 0.160 e. The van der Waals surface area contributed by atoms with Crippen molar-refractivity contribution in [1.29, 1.82) is 0 Å². The maximum absolute atomic E-state index is 5.33. The topological polar surface area (TPSA) is 30.7 Å². The third-order valence-electron chi connectivity index (χ3n) is 10.6. The van der Waals surface area contributed by atoms with Gasteiger partial charge in [-0.25, -0.2) is 9.97 Å². The fourth-order valence-electron chi connectivity index (χ4n) is 8.19. The first-order valence-electron chi connectivity index (χ1n) is 17.3. The molecule has 0 atom stereocenters. The molecule has 0 amide bonds. The minimum Gasteiger partial charge on any atom is -0.309 e. The van der Waals surface area contributed by atoms with Crippen LogP contribution in [-0.2, 0) is 5.41 Å². The Hall–Kier alpha value is -6.32. The van der Waals surface area contributed by atoms with Crippen LogP contribution in [0, 0.1) is 0 Å². The van der Waals surface area contributed by atoms with Crippen molar-refractivity contribution < 1.29 is 0 Å². The first-order valence-corrected chi connectivity index (χ1v) is 17.3. The SMILES string of the molecule is CC1(C)c2cc3ccccc3cc2-c2c(-c3cc(-c4ccccc4-n4c5ccccc5c5ccccc54)nc(-c4ccccc4)n3)cccc21. The van der Waals surface area contributed by atoms with Crippen molar-refractivity contribution in [2.75, 3.05) is 0 Å². The van der Waals surface area contributed by atoms with Gasteiger partial charge >= 0.3 is 0 Å². The average Bonchev–Trinajstić information content (AvgIpc) is 3.62. The standard InChI is InChI=1S/C47H33N3/c1-47(2)38-23-14-22-36(45(38)37-27-31-17-6-7-18-32(31)28-39(37)47)41-29-40(48-46(49-41)30-15-4-3-5-16-30)35-21-10-13-26-44(35)50-42-24-11-8-19-33(42)34-20-9-12-25-43(34)50/h3-29H,1-2H3. The smallest absolute Gasteiger partial charge is 0.160 e. The molecular weight excluding hydrogens is 607 g/mol. The fourth-order valence-corrected chi connectivity index (χ4v) is 8.19. The lowest BCUT2D eigenvalue weighted by Gasteiger charge is -2.22. The van der Waals surface area contributed by atoms with E-state index in [0.29, 0.717) is 5.82 Å². The van der Waals surface area contributed by atoms with Gasteiger partial charge in [0.05, 0.1) is 28.1 Å². The molecule has 0 saturated heterocycles. The van der Waals surface area contributed by atoms with Crippen LogP contribution < -0.4 is 0 Å². The minimum atomic E-state index is -0.147. The van der Waals surface area contributed by atoms with Crippen molar-refractivity contribution in [2.45, 2.75) is 19.3 Å². The molecule has 0 N–H and O–H groups in total. The highest BCUT2D eigenvalue weighted by Gasteiger charge is 2.37. The molecule has 1 aliphatic rings. The molecule has 7 aromatic carbocycles. The van der Waals surface area contributed by atoms with Crippen LogP contribution in [0.25, 0.3) is 83.3 Å². The lowest BCUT2D eigenvalue weighted by Crippen LogP contribution is -2.14. The summed E-state index contributed by atoms with van der Waals surface area (Å²) in [6.45, 7) is 4.69. The van der Waals surface area contributed by atoms with Crippen LogP contribution in [0.3, 0.4) is 0 Å². The first-order chi connectivity index (χ1) is 24.6. The molecule has 10 rings (SSSR count). The van der Waals surface area contributed by atoms with Gasteiger partial charge in [-0.05, 0) is 69.4 Å². The molecule has 0 aliphatic heterocycles. The Labute approximate surface area is 291 Å². The molecule has 236 valence electrons. The van der Waals surface area contributed by atoms with Crippen molar-refractivity contribution in [3.63, 3.8) is 0 Å². The average molecular weight is 640 g/mol. The van der Waals surface area contributed by atoms with E-state index in [1.54, 1.807) is 0 Å². The zero-order chi connectivity index (χ0) is 33.4. The molecule has 2 aromatic heterocycles. The third-order valence-corrected chi connectivity index (χ3v) is 10.6. The monoisotopic (exact) mass is 639 g/mol. The molecule has 0 radical (unpaired) electrons. The molecular formula is C47H33N3. The van der Waals surface area contributed by atoms with Crippen molar-refractivity contribution in [3.05, 3.63) is 175 Å². The summed E-state index contributed by atoms with van der Waals surface area (Å²) >= 11 is 0. The van der Waals surface area contributed by atoms with Gasteiger partial charge in [-0.3, -0.25) is 0 Å². The van der Waals surface area contributed by atoms with Gasteiger partial charge in [-0.2, -0.15) is 0 Å². The van der Waals surface area contributed by atoms with Crippen molar-refractivity contribution in [2.24, 2.45) is 0 Å². The highest BCUT2D eigenvalue weighted by molar-refractivity contribution is 6.09. The van der Waals surface area contributed by atoms with E-state index in [9.17, 15) is 0 Å². The number of para-hydroxylation sites is 3. The molecule has 0 unspecified atom stereocenters. The number of aromatic nitrogens is 3. The predicted molar refractivity (Wildman–Crippen MR) is 208 cm³/mol. The van der Waals surface area contributed by atoms with Crippen LogP contribution in [0.5, 0.6) is 0 Å². The summed E-state index contributed by atoms with van der Waals surface area (Å²) in [5.41, 5.74) is 13.5. The van der Waals surface area contributed by atoms with Gasteiger partial charge in [0.25, 0.3) is 0 Å². The Bertz CT molecular complexity index is 2730. The van der Waals surface area contributed by atoms with E-state index in [-0.39, 0.29) is 5.41 Å². The minimum absolute atomic E-state index is 0.147. The van der Waals surface area contributed by atoms with E-state index in [4.69, 9.17) is 9.97 Å². The number of nitrogens with zero attached hydrogens (tertiary/aromatic N) is 3. The van der Waals surface area contributed by atoms with Gasteiger partial charge < -0.3 is 4.57 Å². The first kappa shape index (κ1) is 28.7. The van der Waals surface area contributed by atoms with Gasteiger partial charge in [0.1, 0.15) is 0 Å². The lowest BCUT2D eigenvalue weighted by atomic mass is 9.81. The summed E-state index contributed by atoms with van der Waals surface area (Å²) < 4.78 is 2.38. The van der Waals surface area contributed by atoms with Gasteiger partial charge in [0.2, 0.25) is 0 Å². The van der Waals surface area contributed by atoms with Crippen LogP contribution >= 0.6 is 0 Å². The van der Waals surface area contributed by atoms with Crippen LogP contribution in [0.2, 0.25) is 0 Å². The van der Waals surface area contributed by atoms with E-state index < -0.39 is 0 Å². The number of hydrogen-bond donors (Lipinski definition) is 0. The highest BCUT2D eigenvalue weighted by atomic mass is 15.0. The summed E-state index contributed by atoms with van der Waals surface area (Å²) in [6.07, 6.45) is 0. The predicted octanol–water partition coefficient (Wildman–Crippen LogP) is 12.0. The molecule has 0 fully saturated rings. The molecule has 0 bridgehead atoms. The Balaban J connectivity index is 1.25. The summed E-state index contributed by atoms with van der Waals surface area (Å²) in [7, 11) is 0. The molecule has 1 aliphatic carbocycles. The Morgan fingerprint density at radius 2 is 1.04 bits per heavy atom. The van der Waals surface area contributed by atoms with Crippen LogP contribution in [0.4, 0.5) is 0 Å². The molecule has 50 heavy (non-hydrogen) atoms. The molecule has 3 heteroatoms. The van der Waals surface area contributed by atoms with Crippen molar-refractivity contribution in [3.8, 4) is 50.7 Å². The molecule has 3 nitrogen and oxygen atoms in total. The van der Waals surface area contributed by atoms with Crippen LogP contribution in [0.1, 0.15) is 25.0 Å². The fraction of sp³-hybridized carbons (Fsp3) is 0.0638. The lowest BCUT2D eigenvalue weighted by molar-refractivity contribution is 0.661. The van der Waals surface area contributed by atoms with Crippen LogP contribution in [0.15, 0.2) is 164 Å². The summed E-state index contributed by atoms with van der Waals surface area (Å²) in [5.74, 6) is 0.712. The zero-order valence-corrected chi connectivity index (χ0v) is 27.9. The van der Waals surface area contributed by atoms with Gasteiger partial charge in [0, 0.05) is 32.9 Å². The van der Waals surface area contributed by atoms with E-state index >= 15 is 0 Å². The normalized spacial score (nSPS) is 13.2. The Kier molecular flexibility index (Phi) is 6.22. The van der Waals surface area contributed by atoms with E-state index in [2.05, 4.69) is 176 Å². The molecule has 0 saturated carbocycles. The highest BCUT2D eigenvalue weighted by Crippen LogP contribution is 2.53. The van der Waals surface area contributed by atoms with Gasteiger partial charge in [-0.15, -0.1) is 0 Å². The Morgan fingerprint density at radius 3 is 1.78 bits per heavy atom. The van der Waals surface area contributed by atoms with Crippen LogP contribution in [-0.4, -0.2) is 14.5 Å². The quantitative estimate of drug-likeness (QED) is 0.192. The van der Waals surface area contributed by atoms with Gasteiger partial charge in [-0.1, -0.05) is 141 Å². The number of rotatable bonds is 4. The maximum atomic E-state index is 5.33. The zero-order valence-electron chi connectivity index (χ0n) is 27.9. The van der Waals surface area contributed by atoms with E-state index in [1.165, 1.54) is 54.8 Å². The van der Waals surface area contributed by atoms with Crippen molar-refractivity contribution >= 4 is 32.6 Å². The second-order valence-corrected chi connectivity index (χ2v) is 13.8. The largest absolute Gasteiger partial charge is 0.309 e. The second kappa shape index (κ2) is 10.8. The molecule has 9 aromatic rings. The molecule has 2 heterocycles. The van der Waals surface area contributed by atoms with Gasteiger partial charge in [0.15, 0.2) is 5.82 Å². The van der Waals surface area contributed by atoms with Crippen molar-refractivity contribution in [1.82, 2.24) is 14.5 Å². The summed E-state index contributed by atoms with van der Waals surface area (Å²) in [5, 5.41) is 4.99.